The fourth-order valence-corrected chi connectivity index (χ4v) is 2.60. The molecule has 0 radical (unpaired) electrons. The van der Waals surface area contributed by atoms with Gasteiger partial charge in [-0.3, -0.25) is 9.59 Å². The molecule has 1 aliphatic heterocycles. The number of hydrogen-bond acceptors (Lipinski definition) is 6. The lowest BCUT2D eigenvalue weighted by molar-refractivity contribution is 0.103. The number of nitrogens with one attached hydrogen (secondary N) is 1. The third-order valence-corrected chi connectivity index (χ3v) is 3.93. The van der Waals surface area contributed by atoms with Crippen LogP contribution in [0.25, 0.3) is 5.69 Å². The molecule has 0 unspecified atom stereocenters. The van der Waals surface area contributed by atoms with E-state index in [1.54, 1.807) is 13.2 Å². The third kappa shape index (κ3) is 3.95. The molecule has 7 heteroatoms. The van der Waals surface area contributed by atoms with Gasteiger partial charge in [-0.25, -0.2) is 4.68 Å². The Kier molecular flexibility index (Phi) is 5.25. The zero-order chi connectivity index (χ0) is 17.6. The van der Waals surface area contributed by atoms with Gasteiger partial charge < -0.3 is 15.0 Å². The van der Waals surface area contributed by atoms with Crippen LogP contribution in [0.3, 0.4) is 0 Å². The van der Waals surface area contributed by atoms with E-state index in [1.165, 1.54) is 23.0 Å². The normalized spacial score (nSPS) is 14.7. The first-order chi connectivity index (χ1) is 12.2. The number of aromatic nitrogens is 2. The second-order valence-electron chi connectivity index (χ2n) is 5.58. The van der Waals surface area contributed by atoms with Gasteiger partial charge in [0, 0.05) is 50.4 Å². The second-order valence-corrected chi connectivity index (χ2v) is 5.58. The maximum absolute atomic E-state index is 12.0. The summed E-state index contributed by atoms with van der Waals surface area (Å²) in [6.07, 6.45) is 4.32. The molecular weight excluding hydrogens is 320 g/mol. The summed E-state index contributed by atoms with van der Waals surface area (Å²) in [6.45, 7) is 3.20. The number of allylic oxidation sites excluding steroid dienone is 1. The van der Waals surface area contributed by atoms with Gasteiger partial charge in [0.15, 0.2) is 5.69 Å². The summed E-state index contributed by atoms with van der Waals surface area (Å²) in [5.41, 5.74) is 1.39. The van der Waals surface area contributed by atoms with Crippen LogP contribution in [0, 0.1) is 0 Å². The number of hydrogen-bond donors (Lipinski definition) is 1. The van der Waals surface area contributed by atoms with Crippen LogP contribution in [0.4, 0.5) is 5.69 Å². The van der Waals surface area contributed by atoms with Gasteiger partial charge in [0.25, 0.3) is 0 Å². The fraction of sp³-hybridized carbons (Fsp3) is 0.278. The number of carbonyl (C=O) groups is 1. The number of anilines is 1. The predicted octanol–water partition coefficient (Wildman–Crippen LogP) is 0.985. The van der Waals surface area contributed by atoms with E-state index in [4.69, 9.17) is 4.74 Å². The summed E-state index contributed by atoms with van der Waals surface area (Å²) in [5.74, 6) is -0.432. The van der Waals surface area contributed by atoms with Gasteiger partial charge in [0.2, 0.25) is 11.2 Å². The Balaban J connectivity index is 1.85. The zero-order valence-corrected chi connectivity index (χ0v) is 14.0. The van der Waals surface area contributed by atoms with Crippen LogP contribution in [0.15, 0.2) is 53.6 Å². The average Bonchev–Trinajstić information content (AvgIpc) is 2.67. The molecule has 1 aliphatic rings. The molecule has 2 aromatic rings. The molecule has 0 bridgehead atoms. The predicted molar refractivity (Wildman–Crippen MR) is 95.4 cm³/mol. The van der Waals surface area contributed by atoms with E-state index in [0.29, 0.717) is 0 Å². The molecule has 0 aliphatic carbocycles. The SMILES string of the molecule is CNC=CC(=O)c1nn(-c2ccc(N3CCOCC3)cc2)ccc1=O. The van der Waals surface area contributed by atoms with Gasteiger partial charge in [0.05, 0.1) is 18.9 Å². The van der Waals surface area contributed by atoms with Crippen LogP contribution in [0.5, 0.6) is 0 Å². The number of rotatable bonds is 5. The molecule has 0 saturated carbocycles. The molecule has 3 rings (SSSR count). The molecule has 2 heterocycles. The van der Waals surface area contributed by atoms with Crippen molar-refractivity contribution in [2.24, 2.45) is 0 Å². The topological polar surface area (TPSA) is 76.5 Å². The van der Waals surface area contributed by atoms with E-state index in [-0.39, 0.29) is 5.69 Å². The molecule has 0 atom stereocenters. The van der Waals surface area contributed by atoms with Crippen LogP contribution in [0.1, 0.15) is 10.5 Å². The molecule has 1 saturated heterocycles. The largest absolute Gasteiger partial charge is 0.394 e. The standard InChI is InChI=1S/C18H20N4O3/c1-19-8-6-16(23)18-17(24)7-9-22(20-18)15-4-2-14(3-5-15)21-10-12-25-13-11-21/h2-9,19H,10-13H2,1H3. The first-order valence-corrected chi connectivity index (χ1v) is 8.10. The minimum absolute atomic E-state index is 0.105. The summed E-state index contributed by atoms with van der Waals surface area (Å²) in [7, 11) is 1.68. The number of morpholine rings is 1. The first kappa shape index (κ1) is 16.9. The number of nitrogens with zero attached hydrogens (tertiary/aromatic N) is 3. The molecule has 1 aromatic carbocycles. The number of benzene rings is 1. The van der Waals surface area contributed by atoms with Crippen molar-refractivity contribution in [3.8, 4) is 5.69 Å². The molecule has 1 fully saturated rings. The van der Waals surface area contributed by atoms with Crippen molar-refractivity contribution >= 4 is 11.5 Å². The van der Waals surface area contributed by atoms with Gasteiger partial charge in [-0.1, -0.05) is 0 Å². The van der Waals surface area contributed by atoms with Crippen LogP contribution in [-0.2, 0) is 4.74 Å². The Morgan fingerprint density at radius 3 is 2.52 bits per heavy atom. The molecule has 1 aromatic heterocycles. The van der Waals surface area contributed by atoms with Crippen molar-refractivity contribution in [1.82, 2.24) is 15.1 Å². The first-order valence-electron chi connectivity index (χ1n) is 8.10. The monoisotopic (exact) mass is 340 g/mol. The van der Waals surface area contributed by atoms with Gasteiger partial charge in [-0.05, 0) is 24.3 Å². The van der Waals surface area contributed by atoms with E-state index >= 15 is 0 Å². The third-order valence-electron chi connectivity index (χ3n) is 3.93. The Labute approximate surface area is 145 Å². The summed E-state index contributed by atoms with van der Waals surface area (Å²) in [4.78, 5) is 26.2. The minimum atomic E-state index is -0.432. The van der Waals surface area contributed by atoms with Crippen molar-refractivity contribution < 1.29 is 9.53 Å². The van der Waals surface area contributed by atoms with Gasteiger partial charge in [0.1, 0.15) is 0 Å². The quantitative estimate of drug-likeness (QED) is 0.646. The summed E-state index contributed by atoms with van der Waals surface area (Å²) in [6, 6.07) is 9.19. The molecule has 7 nitrogen and oxygen atoms in total. The van der Waals surface area contributed by atoms with Crippen LogP contribution in [-0.4, -0.2) is 48.9 Å². The molecule has 0 amide bonds. The van der Waals surface area contributed by atoms with E-state index < -0.39 is 11.2 Å². The van der Waals surface area contributed by atoms with E-state index in [2.05, 4.69) is 15.3 Å². The molecule has 25 heavy (non-hydrogen) atoms. The lowest BCUT2D eigenvalue weighted by atomic mass is 10.2. The Morgan fingerprint density at radius 2 is 1.84 bits per heavy atom. The van der Waals surface area contributed by atoms with Crippen molar-refractivity contribution in [2.45, 2.75) is 0 Å². The number of ketones is 1. The zero-order valence-electron chi connectivity index (χ0n) is 14.0. The lowest BCUT2D eigenvalue weighted by Gasteiger charge is -2.28. The highest BCUT2D eigenvalue weighted by molar-refractivity contribution is 6.02. The van der Waals surface area contributed by atoms with Crippen molar-refractivity contribution in [3.63, 3.8) is 0 Å². The molecular formula is C18H20N4O3. The molecule has 1 N–H and O–H groups in total. The maximum atomic E-state index is 12.0. The van der Waals surface area contributed by atoms with E-state index in [0.717, 1.165) is 37.7 Å². The van der Waals surface area contributed by atoms with Crippen LogP contribution in [0.2, 0.25) is 0 Å². The summed E-state index contributed by atoms with van der Waals surface area (Å²) in [5, 5.41) is 6.90. The lowest BCUT2D eigenvalue weighted by Crippen LogP contribution is -2.36. The Morgan fingerprint density at radius 1 is 1.16 bits per heavy atom. The summed E-state index contributed by atoms with van der Waals surface area (Å²) >= 11 is 0. The van der Waals surface area contributed by atoms with Crippen molar-refractivity contribution in [1.29, 1.82) is 0 Å². The highest BCUT2D eigenvalue weighted by Gasteiger charge is 2.13. The van der Waals surface area contributed by atoms with Crippen molar-refractivity contribution in [3.05, 3.63) is 64.7 Å². The Bertz CT molecular complexity index is 821. The fourth-order valence-electron chi connectivity index (χ4n) is 2.60. The highest BCUT2D eigenvalue weighted by Crippen LogP contribution is 2.18. The number of carbonyl (C=O) groups excluding carboxylic acids is 1. The summed E-state index contributed by atoms with van der Waals surface area (Å²) < 4.78 is 6.89. The van der Waals surface area contributed by atoms with E-state index in [1.807, 2.05) is 24.3 Å². The molecule has 0 spiro atoms. The molecule has 130 valence electrons. The van der Waals surface area contributed by atoms with Crippen LogP contribution >= 0.6 is 0 Å². The number of ether oxygens (including phenoxy) is 1. The van der Waals surface area contributed by atoms with Gasteiger partial charge in [-0.15, -0.1) is 0 Å². The van der Waals surface area contributed by atoms with Crippen molar-refractivity contribution in [2.75, 3.05) is 38.3 Å². The smallest absolute Gasteiger partial charge is 0.211 e. The average molecular weight is 340 g/mol. The van der Waals surface area contributed by atoms with Gasteiger partial charge >= 0.3 is 0 Å². The Hall–Kier alpha value is -2.93. The van der Waals surface area contributed by atoms with E-state index in [9.17, 15) is 9.59 Å². The van der Waals surface area contributed by atoms with Gasteiger partial charge in [-0.2, -0.15) is 5.10 Å². The maximum Gasteiger partial charge on any atom is 0.211 e. The highest BCUT2D eigenvalue weighted by atomic mass is 16.5. The van der Waals surface area contributed by atoms with Crippen LogP contribution < -0.4 is 15.6 Å². The minimum Gasteiger partial charge on any atom is -0.394 e. The second kappa shape index (κ2) is 7.76.